The van der Waals surface area contributed by atoms with Crippen LogP contribution in [-0.2, 0) is 17.5 Å². The van der Waals surface area contributed by atoms with E-state index in [-0.39, 0.29) is 11.9 Å². The van der Waals surface area contributed by atoms with Crippen molar-refractivity contribution in [3.8, 4) is 0 Å². The molecule has 7 heteroatoms. The maximum Gasteiger partial charge on any atom is 0.416 e. The van der Waals surface area contributed by atoms with Crippen LogP contribution in [0.1, 0.15) is 31.4 Å². The summed E-state index contributed by atoms with van der Waals surface area (Å²) in [6.45, 7) is 8.41. The highest BCUT2D eigenvalue weighted by Crippen LogP contribution is 2.29. The molecule has 0 unspecified atom stereocenters. The van der Waals surface area contributed by atoms with Crippen molar-refractivity contribution in [1.82, 2.24) is 15.1 Å². The molecule has 1 aromatic carbocycles. The van der Waals surface area contributed by atoms with Gasteiger partial charge in [-0.2, -0.15) is 13.2 Å². The Hall–Kier alpha value is -1.60. The number of hydrogen-bond donors (Lipinski definition) is 1. The standard InChI is InChI=1S/C18H26F3N3O/c1-3-8-22-17(25)14(2)24-11-9-23(10-12-24)13-15-4-6-16(7-5-15)18(19,20)21/h4-7,14H,3,8-13H2,1-2H3,(H,22,25)/t14-/m1/s1. The van der Waals surface area contributed by atoms with Crippen molar-refractivity contribution < 1.29 is 18.0 Å². The van der Waals surface area contributed by atoms with Crippen LogP contribution in [0.4, 0.5) is 13.2 Å². The van der Waals surface area contributed by atoms with Crippen molar-refractivity contribution in [2.24, 2.45) is 0 Å². The Morgan fingerprint density at radius 1 is 1.16 bits per heavy atom. The van der Waals surface area contributed by atoms with E-state index < -0.39 is 11.7 Å². The Morgan fingerprint density at radius 3 is 2.28 bits per heavy atom. The smallest absolute Gasteiger partial charge is 0.355 e. The number of piperazine rings is 1. The monoisotopic (exact) mass is 357 g/mol. The first-order valence-corrected chi connectivity index (χ1v) is 8.71. The molecule has 0 saturated carbocycles. The fourth-order valence-corrected chi connectivity index (χ4v) is 2.93. The average molecular weight is 357 g/mol. The van der Waals surface area contributed by atoms with Crippen LogP contribution in [0.2, 0.25) is 0 Å². The van der Waals surface area contributed by atoms with E-state index in [4.69, 9.17) is 0 Å². The lowest BCUT2D eigenvalue weighted by molar-refractivity contribution is -0.137. The minimum atomic E-state index is -4.29. The molecule has 1 saturated heterocycles. The molecular formula is C18H26F3N3O. The summed E-state index contributed by atoms with van der Waals surface area (Å²) in [6, 6.07) is 5.18. The molecule has 0 bridgehead atoms. The number of halogens is 3. The van der Waals surface area contributed by atoms with Gasteiger partial charge in [0.25, 0.3) is 0 Å². The molecule has 25 heavy (non-hydrogen) atoms. The molecule has 0 aliphatic carbocycles. The summed E-state index contributed by atoms with van der Waals surface area (Å²) in [4.78, 5) is 16.4. The fourth-order valence-electron chi connectivity index (χ4n) is 2.93. The van der Waals surface area contributed by atoms with Crippen molar-refractivity contribution in [1.29, 1.82) is 0 Å². The summed E-state index contributed by atoms with van der Waals surface area (Å²) in [5.74, 6) is 0.0537. The molecule has 2 rings (SSSR count). The number of nitrogens with zero attached hydrogens (tertiary/aromatic N) is 2. The molecule has 1 heterocycles. The number of carbonyl (C=O) groups excluding carboxylic acids is 1. The van der Waals surface area contributed by atoms with Gasteiger partial charge in [-0.25, -0.2) is 0 Å². The molecule has 1 aliphatic heterocycles. The van der Waals surface area contributed by atoms with Crippen molar-refractivity contribution in [3.05, 3.63) is 35.4 Å². The first-order valence-electron chi connectivity index (χ1n) is 8.71. The predicted molar refractivity (Wildman–Crippen MR) is 91.1 cm³/mol. The Morgan fingerprint density at radius 2 is 1.76 bits per heavy atom. The molecule has 1 amide bonds. The molecule has 140 valence electrons. The normalized spacial score (nSPS) is 18.1. The van der Waals surface area contributed by atoms with Crippen LogP contribution in [-0.4, -0.2) is 54.5 Å². The van der Waals surface area contributed by atoms with Gasteiger partial charge in [0.05, 0.1) is 11.6 Å². The van der Waals surface area contributed by atoms with Gasteiger partial charge in [-0.05, 0) is 31.0 Å². The fraction of sp³-hybridized carbons (Fsp3) is 0.611. The van der Waals surface area contributed by atoms with Crippen LogP contribution >= 0.6 is 0 Å². The van der Waals surface area contributed by atoms with E-state index in [1.165, 1.54) is 12.1 Å². The second-order valence-corrected chi connectivity index (χ2v) is 6.47. The Balaban J connectivity index is 1.81. The van der Waals surface area contributed by atoms with E-state index in [0.29, 0.717) is 13.1 Å². The van der Waals surface area contributed by atoms with Gasteiger partial charge in [0.2, 0.25) is 5.91 Å². The van der Waals surface area contributed by atoms with Gasteiger partial charge in [0, 0.05) is 39.3 Å². The van der Waals surface area contributed by atoms with Crippen molar-refractivity contribution >= 4 is 5.91 Å². The van der Waals surface area contributed by atoms with Crippen LogP contribution in [0.3, 0.4) is 0 Å². The summed E-state index contributed by atoms with van der Waals surface area (Å²) in [5, 5.41) is 2.91. The number of rotatable bonds is 6. The van der Waals surface area contributed by atoms with Gasteiger partial charge in [-0.1, -0.05) is 19.1 Å². The zero-order valence-corrected chi connectivity index (χ0v) is 14.8. The van der Waals surface area contributed by atoms with Crippen molar-refractivity contribution in [3.63, 3.8) is 0 Å². The quantitative estimate of drug-likeness (QED) is 0.850. The number of amides is 1. The molecule has 0 spiro atoms. The molecule has 4 nitrogen and oxygen atoms in total. The maximum absolute atomic E-state index is 12.6. The SMILES string of the molecule is CCCNC(=O)[C@@H](C)N1CCN(Cc2ccc(C(F)(F)F)cc2)CC1. The summed E-state index contributed by atoms with van der Waals surface area (Å²) in [5.41, 5.74) is 0.253. The van der Waals surface area contributed by atoms with Gasteiger partial charge in [0.1, 0.15) is 0 Å². The minimum absolute atomic E-state index is 0.0537. The van der Waals surface area contributed by atoms with Crippen LogP contribution in [0.25, 0.3) is 0 Å². The molecule has 1 N–H and O–H groups in total. The van der Waals surface area contributed by atoms with Crippen molar-refractivity contribution in [2.45, 2.75) is 39.0 Å². The lowest BCUT2D eigenvalue weighted by atomic mass is 10.1. The summed E-state index contributed by atoms with van der Waals surface area (Å²) in [7, 11) is 0. The number of benzene rings is 1. The maximum atomic E-state index is 12.6. The molecule has 0 aromatic heterocycles. The number of nitrogens with one attached hydrogen (secondary N) is 1. The minimum Gasteiger partial charge on any atom is -0.355 e. The first kappa shape index (κ1) is 19.7. The van der Waals surface area contributed by atoms with Crippen LogP contribution < -0.4 is 5.32 Å². The van der Waals surface area contributed by atoms with E-state index in [2.05, 4.69) is 15.1 Å². The van der Waals surface area contributed by atoms with Crippen LogP contribution in [0, 0.1) is 0 Å². The second-order valence-electron chi connectivity index (χ2n) is 6.47. The second kappa shape index (κ2) is 8.67. The van der Waals surface area contributed by atoms with Gasteiger partial charge in [0.15, 0.2) is 0 Å². The Bertz CT molecular complexity index is 552. The largest absolute Gasteiger partial charge is 0.416 e. The molecule has 0 radical (unpaired) electrons. The molecule has 1 fully saturated rings. The molecular weight excluding hydrogens is 331 g/mol. The van der Waals surface area contributed by atoms with Gasteiger partial charge < -0.3 is 5.32 Å². The lowest BCUT2D eigenvalue weighted by Gasteiger charge is -2.37. The first-order chi connectivity index (χ1) is 11.8. The van der Waals surface area contributed by atoms with E-state index in [0.717, 1.165) is 50.3 Å². The predicted octanol–water partition coefficient (Wildman–Crippen LogP) is 2.74. The summed E-state index contributed by atoms with van der Waals surface area (Å²) < 4.78 is 37.8. The van der Waals surface area contributed by atoms with Crippen LogP contribution in [0.5, 0.6) is 0 Å². The third-order valence-electron chi connectivity index (χ3n) is 4.57. The summed E-state index contributed by atoms with van der Waals surface area (Å²) in [6.07, 6.45) is -3.38. The Kier molecular flexibility index (Phi) is 6.84. The van der Waals surface area contributed by atoms with E-state index in [9.17, 15) is 18.0 Å². The highest BCUT2D eigenvalue weighted by atomic mass is 19.4. The Labute approximate surface area is 147 Å². The molecule has 1 atom stereocenters. The van der Waals surface area contributed by atoms with Gasteiger partial charge in [-0.3, -0.25) is 14.6 Å². The highest BCUT2D eigenvalue weighted by molar-refractivity contribution is 5.81. The van der Waals surface area contributed by atoms with Crippen LogP contribution in [0.15, 0.2) is 24.3 Å². The zero-order valence-electron chi connectivity index (χ0n) is 14.8. The highest BCUT2D eigenvalue weighted by Gasteiger charge is 2.30. The zero-order chi connectivity index (χ0) is 18.4. The average Bonchev–Trinajstić information content (AvgIpc) is 2.59. The topological polar surface area (TPSA) is 35.6 Å². The molecule has 1 aliphatic rings. The van der Waals surface area contributed by atoms with Crippen molar-refractivity contribution in [2.75, 3.05) is 32.7 Å². The van der Waals surface area contributed by atoms with Gasteiger partial charge in [-0.15, -0.1) is 0 Å². The van der Waals surface area contributed by atoms with E-state index in [1.54, 1.807) is 0 Å². The number of alkyl halides is 3. The van der Waals surface area contributed by atoms with Gasteiger partial charge >= 0.3 is 6.18 Å². The number of carbonyl (C=O) groups is 1. The third-order valence-corrected chi connectivity index (χ3v) is 4.57. The van der Waals surface area contributed by atoms with E-state index >= 15 is 0 Å². The number of hydrogen-bond acceptors (Lipinski definition) is 3. The lowest BCUT2D eigenvalue weighted by Crippen LogP contribution is -2.53. The summed E-state index contributed by atoms with van der Waals surface area (Å²) >= 11 is 0. The third kappa shape index (κ3) is 5.71. The van der Waals surface area contributed by atoms with E-state index in [1.807, 2.05) is 13.8 Å². The molecule has 1 aromatic rings.